The molecule has 1 aromatic heterocycles. The van der Waals surface area contributed by atoms with Gasteiger partial charge < -0.3 is 4.57 Å². The third-order valence-electron chi connectivity index (χ3n) is 2.49. The Morgan fingerprint density at radius 2 is 2.29 bits per heavy atom. The first kappa shape index (κ1) is 11.8. The summed E-state index contributed by atoms with van der Waals surface area (Å²) in [5.41, 5.74) is 0.190. The summed E-state index contributed by atoms with van der Waals surface area (Å²) in [6, 6.07) is 4.20. The number of ketones is 1. The second-order valence-electron chi connectivity index (χ2n) is 3.66. The lowest BCUT2D eigenvalue weighted by Crippen LogP contribution is -2.09. The van der Waals surface area contributed by atoms with Gasteiger partial charge in [0.05, 0.1) is 11.4 Å². The number of Topliss-reactive ketones (excluding diaryl/α,β-unsaturated/α-hetero) is 1. The topological polar surface area (TPSA) is 34.9 Å². The molecular weight excluding hydrogens is 243 g/mol. The SMILES string of the molecule is Cn1ccnc1CC(=O)c1cccc(F)c1Cl. The van der Waals surface area contributed by atoms with Crippen LogP contribution in [0.3, 0.4) is 0 Å². The lowest BCUT2D eigenvalue weighted by Gasteiger charge is -2.04. The van der Waals surface area contributed by atoms with Crippen molar-refractivity contribution in [3.05, 3.63) is 52.8 Å². The number of nitrogens with zero attached hydrogens (tertiary/aromatic N) is 2. The normalized spacial score (nSPS) is 10.5. The van der Waals surface area contributed by atoms with E-state index in [1.165, 1.54) is 18.2 Å². The van der Waals surface area contributed by atoms with E-state index < -0.39 is 5.82 Å². The van der Waals surface area contributed by atoms with Crippen molar-refractivity contribution in [2.45, 2.75) is 6.42 Å². The van der Waals surface area contributed by atoms with E-state index in [9.17, 15) is 9.18 Å². The second-order valence-corrected chi connectivity index (χ2v) is 4.03. The molecule has 0 amide bonds. The van der Waals surface area contributed by atoms with Crippen LogP contribution in [-0.4, -0.2) is 15.3 Å². The Morgan fingerprint density at radius 3 is 2.94 bits per heavy atom. The first-order chi connectivity index (χ1) is 8.09. The first-order valence-corrected chi connectivity index (χ1v) is 5.41. The largest absolute Gasteiger partial charge is 0.338 e. The molecule has 0 aliphatic carbocycles. The van der Waals surface area contributed by atoms with Gasteiger partial charge in [-0.25, -0.2) is 9.37 Å². The van der Waals surface area contributed by atoms with E-state index in [0.717, 1.165) is 0 Å². The Morgan fingerprint density at radius 1 is 1.53 bits per heavy atom. The fourth-order valence-electron chi connectivity index (χ4n) is 1.52. The molecule has 0 aliphatic rings. The van der Waals surface area contributed by atoms with Crippen LogP contribution < -0.4 is 0 Å². The van der Waals surface area contributed by atoms with Gasteiger partial charge in [-0.15, -0.1) is 0 Å². The minimum absolute atomic E-state index is 0.104. The highest BCUT2D eigenvalue weighted by molar-refractivity contribution is 6.34. The molecule has 17 heavy (non-hydrogen) atoms. The quantitative estimate of drug-likeness (QED) is 0.787. The zero-order valence-electron chi connectivity index (χ0n) is 9.15. The molecule has 1 aromatic carbocycles. The van der Waals surface area contributed by atoms with Crippen molar-refractivity contribution in [1.82, 2.24) is 9.55 Å². The van der Waals surface area contributed by atoms with Crippen LogP contribution >= 0.6 is 11.6 Å². The van der Waals surface area contributed by atoms with Crippen LogP contribution in [-0.2, 0) is 13.5 Å². The van der Waals surface area contributed by atoms with Gasteiger partial charge in [0, 0.05) is 25.0 Å². The van der Waals surface area contributed by atoms with Gasteiger partial charge in [0.15, 0.2) is 5.78 Å². The number of imidazole rings is 1. The Bertz CT molecular complexity index is 565. The molecular formula is C12H10ClFN2O. The molecule has 2 aromatic rings. The zero-order chi connectivity index (χ0) is 12.4. The molecule has 0 atom stereocenters. The molecule has 0 radical (unpaired) electrons. The molecule has 0 spiro atoms. The third-order valence-corrected chi connectivity index (χ3v) is 2.88. The Balaban J connectivity index is 2.27. The van der Waals surface area contributed by atoms with Gasteiger partial charge >= 0.3 is 0 Å². The average Bonchev–Trinajstić information content (AvgIpc) is 2.68. The Hall–Kier alpha value is -1.68. The van der Waals surface area contributed by atoms with Gasteiger partial charge in [0.1, 0.15) is 11.6 Å². The van der Waals surface area contributed by atoms with Gasteiger partial charge in [-0.1, -0.05) is 17.7 Å². The number of aryl methyl sites for hydroxylation is 1. The maximum atomic E-state index is 13.2. The maximum absolute atomic E-state index is 13.2. The van der Waals surface area contributed by atoms with Crippen LogP contribution in [0.4, 0.5) is 4.39 Å². The number of halogens is 2. The number of hydrogen-bond donors (Lipinski definition) is 0. The van der Waals surface area contributed by atoms with Gasteiger partial charge in [0.2, 0.25) is 0 Å². The van der Waals surface area contributed by atoms with Crippen molar-refractivity contribution in [2.24, 2.45) is 7.05 Å². The van der Waals surface area contributed by atoms with E-state index in [0.29, 0.717) is 5.82 Å². The van der Waals surface area contributed by atoms with Crippen LogP contribution in [0.5, 0.6) is 0 Å². The van der Waals surface area contributed by atoms with Gasteiger partial charge in [-0.2, -0.15) is 0 Å². The Kier molecular flexibility index (Phi) is 3.24. The molecule has 2 rings (SSSR count). The fraction of sp³-hybridized carbons (Fsp3) is 0.167. The van der Waals surface area contributed by atoms with E-state index in [4.69, 9.17) is 11.6 Å². The van der Waals surface area contributed by atoms with Crippen LogP contribution in [0.25, 0.3) is 0 Å². The van der Waals surface area contributed by atoms with Crippen LogP contribution in [0.15, 0.2) is 30.6 Å². The van der Waals surface area contributed by atoms with Crippen LogP contribution in [0.1, 0.15) is 16.2 Å². The molecule has 0 bridgehead atoms. The number of benzene rings is 1. The maximum Gasteiger partial charge on any atom is 0.171 e. The lowest BCUT2D eigenvalue weighted by molar-refractivity contribution is 0.0989. The van der Waals surface area contributed by atoms with Crippen molar-refractivity contribution in [3.8, 4) is 0 Å². The number of carbonyl (C=O) groups excluding carboxylic acids is 1. The van der Waals surface area contributed by atoms with Crippen LogP contribution in [0.2, 0.25) is 5.02 Å². The summed E-state index contributed by atoms with van der Waals surface area (Å²) < 4.78 is 14.9. The van der Waals surface area contributed by atoms with E-state index in [-0.39, 0.29) is 22.8 Å². The summed E-state index contributed by atoms with van der Waals surface area (Å²) in [7, 11) is 1.79. The smallest absolute Gasteiger partial charge is 0.171 e. The van der Waals surface area contributed by atoms with E-state index in [1.807, 2.05) is 0 Å². The number of hydrogen-bond acceptors (Lipinski definition) is 2. The van der Waals surface area contributed by atoms with Crippen molar-refractivity contribution in [2.75, 3.05) is 0 Å². The number of rotatable bonds is 3. The van der Waals surface area contributed by atoms with E-state index in [1.54, 1.807) is 24.0 Å². The number of carbonyl (C=O) groups is 1. The summed E-state index contributed by atoms with van der Waals surface area (Å²) in [6.45, 7) is 0. The molecule has 5 heteroatoms. The predicted octanol–water partition coefficient (Wildman–Crippen LogP) is 2.64. The summed E-state index contributed by atoms with van der Waals surface area (Å²) in [5.74, 6) is -0.212. The summed E-state index contributed by atoms with van der Waals surface area (Å²) in [6.07, 6.45) is 3.46. The van der Waals surface area contributed by atoms with Gasteiger partial charge in [-0.05, 0) is 12.1 Å². The highest BCUT2D eigenvalue weighted by Crippen LogP contribution is 2.21. The van der Waals surface area contributed by atoms with E-state index in [2.05, 4.69) is 4.98 Å². The molecule has 0 saturated heterocycles. The van der Waals surface area contributed by atoms with Gasteiger partial charge in [-0.3, -0.25) is 4.79 Å². The fourth-order valence-corrected chi connectivity index (χ4v) is 1.76. The zero-order valence-corrected chi connectivity index (χ0v) is 9.91. The summed E-state index contributed by atoms with van der Waals surface area (Å²) >= 11 is 5.74. The molecule has 0 fully saturated rings. The van der Waals surface area contributed by atoms with Crippen LogP contribution in [0, 0.1) is 5.82 Å². The van der Waals surface area contributed by atoms with Crippen molar-refractivity contribution in [3.63, 3.8) is 0 Å². The molecule has 3 nitrogen and oxygen atoms in total. The minimum atomic E-state index is -0.586. The molecule has 0 unspecified atom stereocenters. The summed E-state index contributed by atoms with van der Waals surface area (Å²) in [5, 5.41) is -0.133. The van der Waals surface area contributed by atoms with Crippen molar-refractivity contribution >= 4 is 17.4 Å². The molecule has 0 aliphatic heterocycles. The lowest BCUT2D eigenvalue weighted by atomic mass is 10.1. The molecule has 1 heterocycles. The first-order valence-electron chi connectivity index (χ1n) is 5.03. The Labute approximate surface area is 103 Å². The number of aromatic nitrogens is 2. The van der Waals surface area contributed by atoms with Crippen molar-refractivity contribution in [1.29, 1.82) is 0 Å². The van der Waals surface area contributed by atoms with Gasteiger partial charge in [0.25, 0.3) is 0 Å². The standard InChI is InChI=1S/C12H10ClFN2O/c1-16-6-5-15-11(16)7-10(17)8-3-2-4-9(14)12(8)13/h2-6H,7H2,1H3. The minimum Gasteiger partial charge on any atom is -0.338 e. The summed E-state index contributed by atoms with van der Waals surface area (Å²) in [4.78, 5) is 16.0. The molecule has 0 N–H and O–H groups in total. The monoisotopic (exact) mass is 252 g/mol. The highest BCUT2D eigenvalue weighted by Gasteiger charge is 2.15. The van der Waals surface area contributed by atoms with Crippen molar-refractivity contribution < 1.29 is 9.18 Å². The third kappa shape index (κ3) is 2.36. The molecule has 88 valence electrons. The average molecular weight is 253 g/mol. The molecule has 0 saturated carbocycles. The van der Waals surface area contributed by atoms with E-state index >= 15 is 0 Å². The highest BCUT2D eigenvalue weighted by atomic mass is 35.5. The second kappa shape index (κ2) is 4.67. The predicted molar refractivity (Wildman–Crippen MR) is 62.7 cm³/mol.